The number of carbonyl (C=O) groups excluding carboxylic acids is 1. The lowest BCUT2D eigenvalue weighted by atomic mass is 10.1. The highest BCUT2D eigenvalue weighted by Gasteiger charge is 2.31. The number of nitrogens with zero attached hydrogens (tertiary/aromatic N) is 3. The summed E-state index contributed by atoms with van der Waals surface area (Å²) in [6.45, 7) is 2.76. The normalized spacial score (nSPS) is 16.8. The van der Waals surface area contributed by atoms with E-state index in [1.807, 2.05) is 35.4 Å². The summed E-state index contributed by atoms with van der Waals surface area (Å²) in [6.07, 6.45) is 2.75. The van der Waals surface area contributed by atoms with Crippen LogP contribution in [0.15, 0.2) is 41.1 Å². The number of thiazole rings is 2. The Morgan fingerprint density at radius 2 is 2.08 bits per heavy atom. The number of carbonyl (C=O) groups is 1. The molecule has 1 aromatic carbocycles. The third kappa shape index (κ3) is 3.78. The Kier molecular flexibility index (Phi) is 4.99. The summed E-state index contributed by atoms with van der Waals surface area (Å²) in [5.41, 5.74) is 3.20. The smallest absolute Gasteiger partial charge is 0.316 e. The summed E-state index contributed by atoms with van der Waals surface area (Å²) in [4.78, 5) is 23.7. The predicted molar refractivity (Wildman–Crippen MR) is 106 cm³/mol. The van der Waals surface area contributed by atoms with E-state index >= 15 is 0 Å². The largest absolute Gasteiger partial charge is 0.324 e. The molecule has 4 rings (SSSR count). The van der Waals surface area contributed by atoms with Crippen molar-refractivity contribution in [2.24, 2.45) is 0 Å². The Labute approximate surface area is 160 Å². The highest BCUT2D eigenvalue weighted by Crippen LogP contribution is 2.33. The summed E-state index contributed by atoms with van der Waals surface area (Å²) < 4.78 is 0. The number of rotatable bonds is 4. The van der Waals surface area contributed by atoms with Crippen molar-refractivity contribution in [2.75, 3.05) is 11.9 Å². The summed E-state index contributed by atoms with van der Waals surface area (Å²) in [7, 11) is 0. The molecule has 1 unspecified atom stereocenters. The van der Waals surface area contributed by atoms with Crippen molar-refractivity contribution in [3.05, 3.63) is 63.1 Å². The number of benzene rings is 1. The number of hydrogen-bond donors (Lipinski definition) is 1. The SMILES string of the molecule is Cc1nc(C2CCCN2C(=O)Nc2nc(Cc3ccccc3)cs2)cs1. The van der Waals surface area contributed by atoms with E-state index in [-0.39, 0.29) is 12.1 Å². The molecule has 1 fully saturated rings. The molecule has 26 heavy (non-hydrogen) atoms. The van der Waals surface area contributed by atoms with Crippen LogP contribution in [0.4, 0.5) is 9.93 Å². The van der Waals surface area contributed by atoms with Gasteiger partial charge in [-0.15, -0.1) is 22.7 Å². The molecule has 0 aliphatic carbocycles. The molecule has 7 heteroatoms. The van der Waals surface area contributed by atoms with Gasteiger partial charge in [0, 0.05) is 23.7 Å². The molecule has 1 aliphatic rings. The van der Waals surface area contributed by atoms with E-state index in [0.717, 1.165) is 42.2 Å². The minimum Gasteiger partial charge on any atom is -0.316 e. The van der Waals surface area contributed by atoms with Crippen LogP contribution in [0.1, 0.15) is 40.8 Å². The van der Waals surface area contributed by atoms with E-state index in [1.54, 1.807) is 11.3 Å². The topological polar surface area (TPSA) is 58.1 Å². The summed E-state index contributed by atoms with van der Waals surface area (Å²) in [5, 5.41) is 8.73. The molecule has 0 bridgehead atoms. The standard InChI is InChI=1S/C19H20N4OS2/c1-13-20-16(12-25-13)17-8-5-9-23(17)19(24)22-18-21-15(11-26-18)10-14-6-3-2-4-7-14/h2-4,6-7,11-12,17H,5,8-10H2,1H3,(H,21,22,24). The Balaban J connectivity index is 1.41. The van der Waals surface area contributed by atoms with Gasteiger partial charge < -0.3 is 4.90 Å². The number of nitrogens with one attached hydrogen (secondary N) is 1. The first-order valence-corrected chi connectivity index (χ1v) is 10.4. The second-order valence-corrected chi connectivity index (χ2v) is 8.30. The maximum atomic E-state index is 12.7. The van der Waals surface area contributed by atoms with Crippen LogP contribution in [0.2, 0.25) is 0 Å². The van der Waals surface area contributed by atoms with Crippen LogP contribution in [-0.2, 0) is 6.42 Å². The number of urea groups is 1. The van der Waals surface area contributed by atoms with Crippen LogP contribution in [0, 0.1) is 6.92 Å². The molecule has 0 spiro atoms. The first-order valence-electron chi connectivity index (χ1n) is 8.67. The van der Waals surface area contributed by atoms with Gasteiger partial charge in [0.2, 0.25) is 0 Å². The lowest BCUT2D eigenvalue weighted by Gasteiger charge is -2.23. The Morgan fingerprint density at radius 1 is 1.23 bits per heavy atom. The van der Waals surface area contributed by atoms with Gasteiger partial charge in [0.25, 0.3) is 0 Å². The first-order chi connectivity index (χ1) is 12.7. The molecule has 1 atom stereocenters. The Hall–Kier alpha value is -2.25. The maximum Gasteiger partial charge on any atom is 0.324 e. The fourth-order valence-corrected chi connectivity index (χ4v) is 4.62. The third-order valence-electron chi connectivity index (χ3n) is 4.49. The average molecular weight is 385 g/mol. The van der Waals surface area contributed by atoms with Crippen molar-refractivity contribution in [3.8, 4) is 0 Å². The number of amides is 2. The number of aryl methyl sites for hydroxylation is 1. The van der Waals surface area contributed by atoms with Gasteiger partial charge in [0.15, 0.2) is 5.13 Å². The van der Waals surface area contributed by atoms with Gasteiger partial charge >= 0.3 is 6.03 Å². The molecule has 0 radical (unpaired) electrons. The lowest BCUT2D eigenvalue weighted by Crippen LogP contribution is -2.34. The number of likely N-dealkylation sites (tertiary alicyclic amines) is 1. The summed E-state index contributed by atoms with van der Waals surface area (Å²) in [6, 6.07) is 10.2. The molecular formula is C19H20N4OS2. The fraction of sp³-hybridized carbons (Fsp3) is 0.316. The molecule has 2 amide bonds. The molecule has 5 nitrogen and oxygen atoms in total. The lowest BCUT2D eigenvalue weighted by molar-refractivity contribution is 0.206. The van der Waals surface area contributed by atoms with E-state index in [4.69, 9.17) is 0 Å². The molecular weight excluding hydrogens is 364 g/mol. The van der Waals surface area contributed by atoms with Gasteiger partial charge in [-0.1, -0.05) is 30.3 Å². The van der Waals surface area contributed by atoms with E-state index in [0.29, 0.717) is 5.13 Å². The Bertz CT molecular complexity index is 890. The van der Waals surface area contributed by atoms with Crippen molar-refractivity contribution in [1.82, 2.24) is 14.9 Å². The van der Waals surface area contributed by atoms with Crippen molar-refractivity contribution < 1.29 is 4.79 Å². The van der Waals surface area contributed by atoms with E-state index in [9.17, 15) is 4.79 Å². The fourth-order valence-electron chi connectivity index (χ4n) is 3.26. The molecule has 1 N–H and O–H groups in total. The number of hydrogen-bond acceptors (Lipinski definition) is 5. The number of anilines is 1. The van der Waals surface area contributed by atoms with Gasteiger partial charge in [0.1, 0.15) is 0 Å². The van der Waals surface area contributed by atoms with Gasteiger partial charge in [-0.25, -0.2) is 14.8 Å². The van der Waals surface area contributed by atoms with Gasteiger partial charge in [0.05, 0.1) is 22.4 Å². The van der Waals surface area contributed by atoms with E-state index < -0.39 is 0 Å². The highest BCUT2D eigenvalue weighted by molar-refractivity contribution is 7.13. The van der Waals surface area contributed by atoms with Crippen LogP contribution in [-0.4, -0.2) is 27.4 Å². The van der Waals surface area contributed by atoms with Crippen molar-refractivity contribution in [2.45, 2.75) is 32.2 Å². The molecule has 134 valence electrons. The van der Waals surface area contributed by atoms with Crippen LogP contribution >= 0.6 is 22.7 Å². The number of aromatic nitrogens is 2. The zero-order valence-electron chi connectivity index (χ0n) is 14.5. The van der Waals surface area contributed by atoms with Crippen molar-refractivity contribution in [1.29, 1.82) is 0 Å². The van der Waals surface area contributed by atoms with Crippen LogP contribution in [0.5, 0.6) is 0 Å². The quantitative estimate of drug-likeness (QED) is 0.698. The summed E-state index contributed by atoms with van der Waals surface area (Å²) in [5.74, 6) is 0. The van der Waals surface area contributed by atoms with Crippen LogP contribution in [0.3, 0.4) is 0 Å². The molecule has 3 heterocycles. The first kappa shape index (κ1) is 17.2. The zero-order valence-corrected chi connectivity index (χ0v) is 16.1. The van der Waals surface area contributed by atoms with Crippen molar-refractivity contribution >= 4 is 33.8 Å². The van der Waals surface area contributed by atoms with Crippen LogP contribution < -0.4 is 5.32 Å². The molecule has 2 aromatic heterocycles. The second-order valence-electron chi connectivity index (χ2n) is 6.38. The highest BCUT2D eigenvalue weighted by atomic mass is 32.1. The van der Waals surface area contributed by atoms with Crippen LogP contribution in [0.25, 0.3) is 0 Å². The average Bonchev–Trinajstić information content (AvgIpc) is 3.36. The third-order valence-corrected chi connectivity index (χ3v) is 6.08. The van der Waals surface area contributed by atoms with E-state index in [2.05, 4.69) is 32.8 Å². The van der Waals surface area contributed by atoms with Gasteiger partial charge in [-0.05, 0) is 25.3 Å². The van der Waals surface area contributed by atoms with Gasteiger partial charge in [-0.2, -0.15) is 0 Å². The minimum absolute atomic E-state index is 0.0729. The Morgan fingerprint density at radius 3 is 2.85 bits per heavy atom. The predicted octanol–water partition coefficient (Wildman–Crippen LogP) is 4.87. The molecule has 1 saturated heterocycles. The monoisotopic (exact) mass is 384 g/mol. The second kappa shape index (κ2) is 7.55. The summed E-state index contributed by atoms with van der Waals surface area (Å²) >= 11 is 3.11. The van der Waals surface area contributed by atoms with Crippen molar-refractivity contribution in [3.63, 3.8) is 0 Å². The molecule has 3 aromatic rings. The molecule has 0 saturated carbocycles. The maximum absolute atomic E-state index is 12.7. The molecule has 1 aliphatic heterocycles. The minimum atomic E-state index is -0.0845. The van der Waals surface area contributed by atoms with Gasteiger partial charge in [-0.3, -0.25) is 5.32 Å². The van der Waals surface area contributed by atoms with E-state index in [1.165, 1.54) is 16.9 Å². The zero-order chi connectivity index (χ0) is 17.9.